The molecule has 104 valence electrons. The van der Waals surface area contributed by atoms with Gasteiger partial charge in [-0.25, -0.2) is 0 Å². The molecule has 0 atom stereocenters. The summed E-state index contributed by atoms with van der Waals surface area (Å²) in [5, 5.41) is 9.73. The van der Waals surface area contributed by atoms with Gasteiger partial charge >= 0.3 is 0 Å². The summed E-state index contributed by atoms with van der Waals surface area (Å²) in [6.45, 7) is 4.16. The van der Waals surface area contributed by atoms with Crippen LogP contribution in [0.15, 0.2) is 0 Å². The fourth-order valence-electron chi connectivity index (χ4n) is 4.78. The molecule has 1 heterocycles. The van der Waals surface area contributed by atoms with E-state index in [-0.39, 0.29) is 5.41 Å². The molecular formula is C16H29NO. The summed E-state index contributed by atoms with van der Waals surface area (Å²) in [4.78, 5) is 2.66. The molecule has 0 aromatic heterocycles. The second-order valence-electron chi connectivity index (χ2n) is 7.35. The molecule has 3 aliphatic rings. The Morgan fingerprint density at radius 3 is 1.89 bits per heavy atom. The summed E-state index contributed by atoms with van der Waals surface area (Å²) in [7, 11) is 0. The number of nitrogens with zero attached hydrogens (tertiary/aromatic N) is 1. The monoisotopic (exact) mass is 251 g/mol. The van der Waals surface area contributed by atoms with Gasteiger partial charge in [0.1, 0.15) is 0 Å². The molecule has 1 spiro atoms. The standard InChI is InChI=1S/C16H29NO/c18-14-16(7-3-4-8-16)13-17-11-9-15(10-12-17)5-1-2-6-15/h18H,1-14H2. The van der Waals surface area contributed by atoms with Crippen molar-refractivity contribution in [1.82, 2.24) is 4.90 Å². The highest BCUT2D eigenvalue weighted by molar-refractivity contribution is 4.93. The van der Waals surface area contributed by atoms with Crippen molar-refractivity contribution in [2.45, 2.75) is 64.2 Å². The highest BCUT2D eigenvalue weighted by atomic mass is 16.3. The third-order valence-corrected chi connectivity index (χ3v) is 6.14. The summed E-state index contributed by atoms with van der Waals surface area (Å²) < 4.78 is 0. The smallest absolute Gasteiger partial charge is 0.0499 e. The molecule has 2 nitrogen and oxygen atoms in total. The van der Waals surface area contributed by atoms with E-state index in [0.29, 0.717) is 6.61 Å². The highest BCUT2D eigenvalue weighted by Crippen LogP contribution is 2.47. The average molecular weight is 251 g/mol. The van der Waals surface area contributed by atoms with Gasteiger partial charge in [-0.2, -0.15) is 0 Å². The number of likely N-dealkylation sites (tertiary alicyclic amines) is 1. The van der Waals surface area contributed by atoms with Crippen LogP contribution in [0.25, 0.3) is 0 Å². The van der Waals surface area contributed by atoms with E-state index in [2.05, 4.69) is 4.90 Å². The van der Waals surface area contributed by atoms with E-state index >= 15 is 0 Å². The lowest BCUT2D eigenvalue weighted by atomic mass is 9.76. The van der Waals surface area contributed by atoms with Crippen LogP contribution in [-0.4, -0.2) is 36.2 Å². The Labute approximate surface area is 112 Å². The van der Waals surface area contributed by atoms with Crippen LogP contribution in [-0.2, 0) is 0 Å². The Bertz CT molecular complexity index is 267. The number of hydrogen-bond donors (Lipinski definition) is 1. The molecule has 2 heteroatoms. The first-order valence-corrected chi connectivity index (χ1v) is 8.09. The predicted octanol–water partition coefficient (Wildman–Crippen LogP) is 3.20. The van der Waals surface area contributed by atoms with Crippen molar-refractivity contribution in [2.24, 2.45) is 10.8 Å². The van der Waals surface area contributed by atoms with Crippen LogP contribution in [0.5, 0.6) is 0 Å². The minimum absolute atomic E-state index is 0.264. The number of rotatable bonds is 3. The van der Waals surface area contributed by atoms with Crippen molar-refractivity contribution in [3.8, 4) is 0 Å². The second kappa shape index (κ2) is 5.13. The highest BCUT2D eigenvalue weighted by Gasteiger charge is 2.40. The SMILES string of the molecule is OCC1(CN2CCC3(CCCC3)CC2)CCCC1. The third-order valence-electron chi connectivity index (χ3n) is 6.14. The van der Waals surface area contributed by atoms with Crippen LogP contribution < -0.4 is 0 Å². The molecule has 0 unspecified atom stereocenters. The van der Waals surface area contributed by atoms with E-state index in [0.717, 1.165) is 5.41 Å². The Morgan fingerprint density at radius 2 is 1.33 bits per heavy atom. The van der Waals surface area contributed by atoms with Crippen molar-refractivity contribution in [2.75, 3.05) is 26.2 Å². The summed E-state index contributed by atoms with van der Waals surface area (Å²) in [5.41, 5.74) is 0.999. The third kappa shape index (κ3) is 2.46. The molecule has 0 bridgehead atoms. The lowest BCUT2D eigenvalue weighted by Crippen LogP contribution is -2.45. The van der Waals surface area contributed by atoms with Gasteiger partial charge in [-0.05, 0) is 57.0 Å². The molecule has 18 heavy (non-hydrogen) atoms. The minimum atomic E-state index is 0.264. The Hall–Kier alpha value is -0.0800. The zero-order chi connectivity index (χ0) is 12.5. The van der Waals surface area contributed by atoms with Gasteiger partial charge < -0.3 is 10.0 Å². The number of hydrogen-bond acceptors (Lipinski definition) is 2. The summed E-state index contributed by atoms with van der Waals surface area (Å²) >= 11 is 0. The van der Waals surface area contributed by atoms with Crippen LogP contribution in [0.4, 0.5) is 0 Å². The van der Waals surface area contributed by atoms with E-state index in [4.69, 9.17) is 0 Å². The van der Waals surface area contributed by atoms with Crippen LogP contribution >= 0.6 is 0 Å². The van der Waals surface area contributed by atoms with E-state index in [1.54, 1.807) is 0 Å². The van der Waals surface area contributed by atoms with Crippen LogP contribution in [0, 0.1) is 10.8 Å². The quantitative estimate of drug-likeness (QED) is 0.832. The van der Waals surface area contributed by atoms with Crippen molar-refractivity contribution < 1.29 is 5.11 Å². The molecule has 2 aliphatic carbocycles. The lowest BCUT2D eigenvalue weighted by Gasteiger charge is -2.42. The normalized spacial score (nSPS) is 31.2. The summed E-state index contributed by atoms with van der Waals surface area (Å²) in [6, 6.07) is 0. The van der Waals surface area contributed by atoms with E-state index in [9.17, 15) is 5.11 Å². The predicted molar refractivity (Wildman–Crippen MR) is 74.6 cm³/mol. The van der Waals surface area contributed by atoms with Crippen molar-refractivity contribution in [1.29, 1.82) is 0 Å². The number of aliphatic hydroxyl groups excluding tert-OH is 1. The van der Waals surface area contributed by atoms with Gasteiger partial charge in [0.15, 0.2) is 0 Å². The molecule has 2 saturated carbocycles. The van der Waals surface area contributed by atoms with E-state index in [1.807, 2.05) is 0 Å². The fraction of sp³-hybridized carbons (Fsp3) is 1.00. The molecule has 1 saturated heterocycles. The second-order valence-corrected chi connectivity index (χ2v) is 7.35. The van der Waals surface area contributed by atoms with Gasteiger partial charge in [0.2, 0.25) is 0 Å². The first-order chi connectivity index (χ1) is 8.76. The Morgan fingerprint density at radius 1 is 0.778 bits per heavy atom. The first kappa shape index (κ1) is 12.9. The van der Waals surface area contributed by atoms with Gasteiger partial charge in [-0.15, -0.1) is 0 Å². The maximum absolute atomic E-state index is 9.73. The maximum Gasteiger partial charge on any atom is 0.0499 e. The molecule has 0 aromatic rings. The van der Waals surface area contributed by atoms with Gasteiger partial charge in [0, 0.05) is 18.6 Å². The van der Waals surface area contributed by atoms with Crippen LogP contribution in [0.2, 0.25) is 0 Å². The first-order valence-electron chi connectivity index (χ1n) is 8.09. The molecule has 0 radical (unpaired) electrons. The maximum atomic E-state index is 9.73. The Balaban J connectivity index is 1.53. The van der Waals surface area contributed by atoms with Crippen LogP contribution in [0.1, 0.15) is 64.2 Å². The molecule has 3 rings (SSSR count). The molecule has 3 fully saturated rings. The van der Waals surface area contributed by atoms with Crippen molar-refractivity contribution in [3.63, 3.8) is 0 Å². The van der Waals surface area contributed by atoms with E-state index < -0.39 is 0 Å². The summed E-state index contributed by atoms with van der Waals surface area (Å²) in [6.07, 6.45) is 14.0. The van der Waals surface area contributed by atoms with Crippen LogP contribution in [0.3, 0.4) is 0 Å². The van der Waals surface area contributed by atoms with Gasteiger partial charge in [-0.1, -0.05) is 25.7 Å². The largest absolute Gasteiger partial charge is 0.396 e. The number of aliphatic hydroxyl groups is 1. The zero-order valence-electron chi connectivity index (χ0n) is 11.8. The number of piperidine rings is 1. The van der Waals surface area contributed by atoms with E-state index in [1.165, 1.54) is 83.8 Å². The lowest BCUT2D eigenvalue weighted by molar-refractivity contribution is 0.0398. The van der Waals surface area contributed by atoms with Crippen molar-refractivity contribution in [3.05, 3.63) is 0 Å². The minimum Gasteiger partial charge on any atom is -0.396 e. The molecule has 0 aromatic carbocycles. The molecule has 1 aliphatic heterocycles. The van der Waals surface area contributed by atoms with Crippen molar-refractivity contribution >= 4 is 0 Å². The van der Waals surface area contributed by atoms with Gasteiger partial charge in [0.25, 0.3) is 0 Å². The van der Waals surface area contributed by atoms with Gasteiger partial charge in [0.05, 0.1) is 0 Å². The fourth-order valence-corrected chi connectivity index (χ4v) is 4.78. The Kier molecular flexibility index (Phi) is 3.68. The molecular weight excluding hydrogens is 222 g/mol. The van der Waals surface area contributed by atoms with Gasteiger partial charge in [-0.3, -0.25) is 0 Å². The zero-order valence-corrected chi connectivity index (χ0v) is 11.8. The molecule has 0 amide bonds. The molecule has 1 N–H and O–H groups in total. The topological polar surface area (TPSA) is 23.5 Å². The summed E-state index contributed by atoms with van der Waals surface area (Å²) in [5.74, 6) is 0. The average Bonchev–Trinajstić information content (AvgIpc) is 3.03.